The van der Waals surface area contributed by atoms with Crippen LogP contribution in [-0.4, -0.2) is 23.7 Å². The normalized spacial score (nSPS) is 11.7. The van der Waals surface area contributed by atoms with Crippen LogP contribution in [0.2, 0.25) is 0 Å². The van der Waals surface area contributed by atoms with Gasteiger partial charge in [-0.25, -0.2) is 0 Å². The van der Waals surface area contributed by atoms with E-state index in [4.69, 9.17) is 9.84 Å². The molecule has 0 saturated carbocycles. The SMILES string of the molecule is CCCCCCCCCCCCC(C(=O)O)C(C)C.CCCCCCCCCCCCCC(=O)OCCC. The summed E-state index contributed by atoms with van der Waals surface area (Å²) in [5, 5.41) is 9.09. The fourth-order valence-electron chi connectivity index (χ4n) is 4.82. The van der Waals surface area contributed by atoms with E-state index >= 15 is 0 Å². The summed E-state index contributed by atoms with van der Waals surface area (Å²) in [6.45, 7) is 11.1. The fourth-order valence-corrected chi connectivity index (χ4v) is 4.82. The second-order valence-electron chi connectivity index (χ2n) is 11.7. The van der Waals surface area contributed by atoms with Gasteiger partial charge in [-0.15, -0.1) is 0 Å². The molecule has 0 aliphatic carbocycles. The monoisotopic (exact) mass is 541 g/mol. The van der Waals surface area contributed by atoms with E-state index in [9.17, 15) is 9.59 Å². The lowest BCUT2D eigenvalue weighted by Crippen LogP contribution is -2.19. The van der Waals surface area contributed by atoms with Crippen molar-refractivity contribution in [1.29, 1.82) is 0 Å². The molecule has 0 spiro atoms. The number of ether oxygens (including phenoxy) is 1. The summed E-state index contributed by atoms with van der Waals surface area (Å²) in [4.78, 5) is 22.3. The van der Waals surface area contributed by atoms with Gasteiger partial charge in [0, 0.05) is 6.42 Å². The zero-order valence-corrected chi connectivity index (χ0v) is 26.5. The number of rotatable bonds is 27. The van der Waals surface area contributed by atoms with Crippen LogP contribution >= 0.6 is 0 Å². The number of carboxylic acid groups (broad SMARTS) is 1. The van der Waals surface area contributed by atoms with E-state index in [0.717, 1.165) is 25.7 Å². The molecule has 228 valence electrons. The first kappa shape index (κ1) is 39.1. The Morgan fingerprint density at radius 2 is 0.921 bits per heavy atom. The molecule has 1 atom stereocenters. The van der Waals surface area contributed by atoms with Gasteiger partial charge in [-0.3, -0.25) is 9.59 Å². The molecule has 1 unspecified atom stereocenters. The molecule has 38 heavy (non-hydrogen) atoms. The summed E-state index contributed by atoms with van der Waals surface area (Å²) in [5.41, 5.74) is 0. The average molecular weight is 541 g/mol. The van der Waals surface area contributed by atoms with Gasteiger partial charge in [-0.1, -0.05) is 163 Å². The standard InChI is InChI=1S/2C17H34O2/c1-4-5-6-7-8-9-10-11-12-13-14-16(15(2)3)17(18)19;1-3-5-6-7-8-9-10-11-12-13-14-15-17(18)19-16-4-2/h15-16H,4-14H2,1-3H3,(H,18,19);3-16H2,1-2H3. The lowest BCUT2D eigenvalue weighted by atomic mass is 9.90. The summed E-state index contributed by atoms with van der Waals surface area (Å²) in [7, 11) is 0. The number of carbonyl (C=O) groups is 2. The third kappa shape index (κ3) is 31.2. The van der Waals surface area contributed by atoms with Crippen molar-refractivity contribution in [3.8, 4) is 0 Å². The molecule has 0 heterocycles. The highest BCUT2D eigenvalue weighted by atomic mass is 16.5. The predicted molar refractivity (Wildman–Crippen MR) is 165 cm³/mol. The number of esters is 1. The minimum Gasteiger partial charge on any atom is -0.481 e. The highest BCUT2D eigenvalue weighted by Crippen LogP contribution is 2.20. The maximum atomic E-state index is 11.2. The van der Waals surface area contributed by atoms with Crippen LogP contribution in [0.25, 0.3) is 0 Å². The summed E-state index contributed by atoms with van der Waals surface area (Å²) < 4.78 is 5.04. The van der Waals surface area contributed by atoms with Crippen molar-refractivity contribution in [3.05, 3.63) is 0 Å². The quantitative estimate of drug-likeness (QED) is 0.0831. The van der Waals surface area contributed by atoms with Crippen molar-refractivity contribution >= 4 is 11.9 Å². The van der Waals surface area contributed by atoms with Gasteiger partial charge in [0.15, 0.2) is 0 Å². The molecule has 0 aromatic heterocycles. The summed E-state index contributed by atoms with van der Waals surface area (Å²) in [6.07, 6.45) is 30.0. The number of aliphatic carboxylic acids is 1. The van der Waals surface area contributed by atoms with Crippen LogP contribution in [0.1, 0.15) is 189 Å². The molecule has 0 amide bonds. The van der Waals surface area contributed by atoms with Crippen LogP contribution < -0.4 is 0 Å². The third-order valence-electron chi connectivity index (χ3n) is 7.44. The maximum Gasteiger partial charge on any atom is 0.306 e. The zero-order valence-electron chi connectivity index (χ0n) is 26.5. The molecule has 0 radical (unpaired) electrons. The van der Waals surface area contributed by atoms with Gasteiger partial charge in [-0.2, -0.15) is 0 Å². The Morgan fingerprint density at radius 3 is 1.26 bits per heavy atom. The van der Waals surface area contributed by atoms with E-state index in [0.29, 0.717) is 13.0 Å². The first-order valence-electron chi connectivity index (χ1n) is 16.8. The number of unbranched alkanes of at least 4 members (excludes halogenated alkanes) is 19. The van der Waals surface area contributed by atoms with Crippen molar-refractivity contribution in [2.75, 3.05) is 6.61 Å². The van der Waals surface area contributed by atoms with Crippen LogP contribution in [0.5, 0.6) is 0 Å². The lowest BCUT2D eigenvalue weighted by Gasteiger charge is -2.15. The van der Waals surface area contributed by atoms with Crippen molar-refractivity contribution in [2.24, 2.45) is 11.8 Å². The number of hydrogen-bond acceptors (Lipinski definition) is 3. The van der Waals surface area contributed by atoms with Gasteiger partial charge in [0.25, 0.3) is 0 Å². The third-order valence-corrected chi connectivity index (χ3v) is 7.44. The van der Waals surface area contributed by atoms with Crippen molar-refractivity contribution in [3.63, 3.8) is 0 Å². The number of carbonyl (C=O) groups excluding carboxylic acids is 1. The average Bonchev–Trinajstić information content (AvgIpc) is 2.89. The Bertz CT molecular complexity index is 489. The first-order valence-corrected chi connectivity index (χ1v) is 16.8. The van der Waals surface area contributed by atoms with Crippen molar-refractivity contribution in [1.82, 2.24) is 0 Å². The summed E-state index contributed by atoms with van der Waals surface area (Å²) in [5.74, 6) is -0.520. The Morgan fingerprint density at radius 1 is 0.553 bits per heavy atom. The Labute approximate surface area is 238 Å². The van der Waals surface area contributed by atoms with Crippen molar-refractivity contribution < 1.29 is 19.4 Å². The summed E-state index contributed by atoms with van der Waals surface area (Å²) >= 11 is 0. The van der Waals surface area contributed by atoms with E-state index in [-0.39, 0.29) is 17.8 Å². The second kappa shape index (κ2) is 32.2. The summed E-state index contributed by atoms with van der Waals surface area (Å²) in [6, 6.07) is 0. The maximum absolute atomic E-state index is 11.2. The molecule has 0 saturated heterocycles. The smallest absolute Gasteiger partial charge is 0.306 e. The first-order chi connectivity index (χ1) is 18.4. The lowest BCUT2D eigenvalue weighted by molar-refractivity contribution is -0.144. The molecule has 4 heteroatoms. The molecular weight excluding hydrogens is 472 g/mol. The molecule has 1 N–H and O–H groups in total. The van der Waals surface area contributed by atoms with Gasteiger partial charge in [0.1, 0.15) is 0 Å². The Hall–Kier alpha value is -1.06. The van der Waals surface area contributed by atoms with Gasteiger partial charge in [0.2, 0.25) is 0 Å². The van der Waals surface area contributed by atoms with Crippen LogP contribution in [0.3, 0.4) is 0 Å². The van der Waals surface area contributed by atoms with E-state index in [1.807, 2.05) is 20.8 Å². The van der Waals surface area contributed by atoms with E-state index < -0.39 is 5.97 Å². The number of hydrogen-bond donors (Lipinski definition) is 1. The fraction of sp³-hybridized carbons (Fsp3) is 0.941. The van der Waals surface area contributed by atoms with Crippen LogP contribution in [0.4, 0.5) is 0 Å². The molecule has 0 bridgehead atoms. The molecule has 4 nitrogen and oxygen atoms in total. The molecule has 0 aromatic rings. The van der Waals surface area contributed by atoms with Crippen LogP contribution in [0.15, 0.2) is 0 Å². The molecule has 0 aliphatic rings. The molecule has 0 aliphatic heterocycles. The van der Waals surface area contributed by atoms with Crippen molar-refractivity contribution in [2.45, 2.75) is 189 Å². The largest absolute Gasteiger partial charge is 0.481 e. The Balaban J connectivity index is 0. The molecule has 0 aromatic carbocycles. The predicted octanol–water partition coefficient (Wildman–Crippen LogP) is 11.3. The van der Waals surface area contributed by atoms with Gasteiger partial charge >= 0.3 is 11.9 Å². The van der Waals surface area contributed by atoms with E-state index in [1.54, 1.807) is 0 Å². The minimum atomic E-state index is -0.620. The molecule has 0 rings (SSSR count). The highest BCUT2D eigenvalue weighted by Gasteiger charge is 2.20. The number of carboxylic acids is 1. The highest BCUT2D eigenvalue weighted by molar-refractivity contribution is 5.70. The second-order valence-corrected chi connectivity index (χ2v) is 11.7. The van der Waals surface area contributed by atoms with Crippen LogP contribution in [0, 0.1) is 11.8 Å². The van der Waals surface area contributed by atoms with E-state index in [2.05, 4.69) is 13.8 Å². The minimum absolute atomic E-state index is 0.0159. The topological polar surface area (TPSA) is 63.6 Å². The molecule has 0 fully saturated rings. The van der Waals surface area contributed by atoms with Gasteiger partial charge < -0.3 is 9.84 Å². The van der Waals surface area contributed by atoms with Gasteiger partial charge in [0.05, 0.1) is 12.5 Å². The van der Waals surface area contributed by atoms with E-state index in [1.165, 1.54) is 122 Å². The Kier molecular flexibility index (Phi) is 33.1. The van der Waals surface area contributed by atoms with Crippen LogP contribution in [-0.2, 0) is 14.3 Å². The zero-order chi connectivity index (χ0) is 28.7. The van der Waals surface area contributed by atoms with Gasteiger partial charge in [-0.05, 0) is 25.2 Å². The molecular formula is C34H68O4.